The first-order chi connectivity index (χ1) is 12.5. The first kappa shape index (κ1) is 19.0. The molecule has 0 aliphatic rings. The van der Waals surface area contributed by atoms with Gasteiger partial charge in [0.15, 0.2) is 0 Å². The number of rotatable bonds is 6. The molecule has 136 valence electrons. The van der Waals surface area contributed by atoms with E-state index in [9.17, 15) is 14.4 Å². The van der Waals surface area contributed by atoms with Crippen molar-refractivity contribution in [2.24, 2.45) is 5.92 Å². The molecule has 7 nitrogen and oxygen atoms in total. The van der Waals surface area contributed by atoms with Crippen LogP contribution in [0.2, 0.25) is 0 Å². The van der Waals surface area contributed by atoms with Gasteiger partial charge in [-0.2, -0.15) is 0 Å². The maximum atomic E-state index is 12.1. The molecule has 0 unspecified atom stereocenters. The fourth-order valence-corrected chi connectivity index (χ4v) is 1.82. The van der Waals surface area contributed by atoms with Crippen LogP contribution in [0.4, 0.5) is 0 Å². The largest absolute Gasteiger partial charge is 0.456 e. The first-order valence-electron chi connectivity index (χ1n) is 7.85. The van der Waals surface area contributed by atoms with Gasteiger partial charge in [-0.1, -0.05) is 44.2 Å². The molecule has 0 fully saturated rings. The normalized spacial score (nSPS) is 10.1. The number of para-hydroxylation sites is 1. The van der Waals surface area contributed by atoms with Gasteiger partial charge in [-0.3, -0.25) is 4.79 Å². The number of benzene rings is 2. The minimum atomic E-state index is -0.917. The summed E-state index contributed by atoms with van der Waals surface area (Å²) in [6.07, 6.45) is 0. The van der Waals surface area contributed by atoms with Crippen molar-refractivity contribution in [3.05, 3.63) is 65.7 Å². The highest BCUT2D eigenvalue weighted by molar-refractivity contribution is 5.94. The summed E-state index contributed by atoms with van der Waals surface area (Å²) < 4.78 is 10.2. The number of ether oxygens (including phenoxy) is 2. The summed E-state index contributed by atoms with van der Waals surface area (Å²) in [6.45, 7) is 3.02. The molecule has 0 spiro atoms. The Morgan fingerprint density at radius 1 is 0.846 bits per heavy atom. The van der Waals surface area contributed by atoms with Gasteiger partial charge in [-0.15, -0.1) is 0 Å². The van der Waals surface area contributed by atoms with Crippen molar-refractivity contribution in [1.29, 1.82) is 0 Å². The molecule has 0 saturated heterocycles. The second kappa shape index (κ2) is 9.22. The lowest BCUT2D eigenvalue weighted by Crippen LogP contribution is -2.17. The Hall–Kier alpha value is -3.35. The number of hydrogen-bond donors (Lipinski definition) is 0. The van der Waals surface area contributed by atoms with Crippen LogP contribution < -0.4 is 4.74 Å². The van der Waals surface area contributed by atoms with Crippen molar-refractivity contribution in [2.75, 3.05) is 6.79 Å². The molecule has 26 heavy (non-hydrogen) atoms. The van der Waals surface area contributed by atoms with Crippen molar-refractivity contribution in [2.45, 2.75) is 13.8 Å². The molecule has 0 atom stereocenters. The molecule has 2 aromatic carbocycles. The van der Waals surface area contributed by atoms with Gasteiger partial charge in [0.25, 0.3) is 0 Å². The highest BCUT2D eigenvalue weighted by atomic mass is 17.2. The Kier molecular flexibility index (Phi) is 6.73. The average molecular weight is 358 g/mol. The van der Waals surface area contributed by atoms with Crippen LogP contribution in [0.1, 0.15) is 34.6 Å². The number of esters is 1. The Morgan fingerprint density at radius 3 is 2.15 bits per heavy atom. The van der Waals surface area contributed by atoms with Crippen molar-refractivity contribution >= 4 is 17.9 Å². The van der Waals surface area contributed by atoms with Crippen LogP contribution in [0.5, 0.6) is 5.75 Å². The minimum Gasteiger partial charge on any atom is -0.456 e. The van der Waals surface area contributed by atoms with Gasteiger partial charge in [-0.05, 0) is 24.3 Å². The van der Waals surface area contributed by atoms with Crippen molar-refractivity contribution in [1.82, 2.24) is 0 Å². The van der Waals surface area contributed by atoms with Crippen molar-refractivity contribution < 1.29 is 33.6 Å². The highest BCUT2D eigenvalue weighted by Crippen LogP contribution is 2.19. The molecule has 0 heterocycles. The van der Waals surface area contributed by atoms with E-state index in [-0.39, 0.29) is 29.6 Å². The molecule has 0 radical (unpaired) electrons. The zero-order valence-corrected chi connectivity index (χ0v) is 14.3. The predicted molar refractivity (Wildman–Crippen MR) is 90.1 cm³/mol. The summed E-state index contributed by atoms with van der Waals surface area (Å²) in [5.74, 6) is -2.31. The third kappa shape index (κ3) is 5.34. The number of hydrogen-bond acceptors (Lipinski definition) is 7. The summed E-state index contributed by atoms with van der Waals surface area (Å²) in [6, 6.07) is 14.2. The molecule has 0 aliphatic heterocycles. The maximum absolute atomic E-state index is 12.1. The predicted octanol–water partition coefficient (Wildman–Crippen LogP) is 3.15. The van der Waals surface area contributed by atoms with Gasteiger partial charge in [0, 0.05) is 0 Å². The standard InChI is InChI=1S/C19H18O7/c1-13(2)17(20)24-12-23-16-11-7-6-10-15(16)19(22)26-25-18(21)14-8-4-3-5-9-14/h3-11,13H,12H2,1-2H3. The van der Waals surface area contributed by atoms with E-state index in [4.69, 9.17) is 9.47 Å². The molecule has 0 amide bonds. The van der Waals surface area contributed by atoms with Crippen LogP contribution in [0.25, 0.3) is 0 Å². The van der Waals surface area contributed by atoms with Crippen LogP contribution in [-0.2, 0) is 19.3 Å². The van der Waals surface area contributed by atoms with Crippen LogP contribution in [0.3, 0.4) is 0 Å². The lowest BCUT2D eigenvalue weighted by atomic mass is 10.2. The van der Waals surface area contributed by atoms with Crippen molar-refractivity contribution in [3.63, 3.8) is 0 Å². The van der Waals surface area contributed by atoms with Gasteiger partial charge in [0.2, 0.25) is 6.79 Å². The Balaban J connectivity index is 1.94. The van der Waals surface area contributed by atoms with Crippen LogP contribution >= 0.6 is 0 Å². The zero-order valence-electron chi connectivity index (χ0n) is 14.3. The van der Waals surface area contributed by atoms with E-state index in [1.165, 1.54) is 24.3 Å². The van der Waals surface area contributed by atoms with Crippen molar-refractivity contribution in [3.8, 4) is 5.75 Å². The summed E-state index contributed by atoms with van der Waals surface area (Å²) >= 11 is 0. The first-order valence-corrected chi connectivity index (χ1v) is 7.85. The molecule has 2 aromatic rings. The third-order valence-electron chi connectivity index (χ3n) is 3.20. The maximum Gasteiger partial charge on any atom is 0.390 e. The second-order valence-electron chi connectivity index (χ2n) is 5.48. The topological polar surface area (TPSA) is 88.1 Å². The van der Waals surface area contributed by atoms with E-state index in [1.807, 2.05) is 0 Å². The van der Waals surface area contributed by atoms with Crippen LogP contribution in [0, 0.1) is 5.92 Å². The van der Waals surface area contributed by atoms with E-state index >= 15 is 0 Å². The Labute approximate surface area is 150 Å². The fraction of sp³-hybridized carbons (Fsp3) is 0.211. The minimum absolute atomic E-state index is 0.0222. The molecule has 2 rings (SSSR count). The summed E-state index contributed by atoms with van der Waals surface area (Å²) in [7, 11) is 0. The van der Waals surface area contributed by atoms with Gasteiger partial charge in [0.1, 0.15) is 11.3 Å². The van der Waals surface area contributed by atoms with E-state index in [0.717, 1.165) is 0 Å². The van der Waals surface area contributed by atoms with E-state index in [1.54, 1.807) is 44.2 Å². The van der Waals surface area contributed by atoms with Gasteiger partial charge >= 0.3 is 17.9 Å². The third-order valence-corrected chi connectivity index (χ3v) is 3.20. The smallest absolute Gasteiger partial charge is 0.390 e. The highest BCUT2D eigenvalue weighted by Gasteiger charge is 2.18. The molecule has 0 N–H and O–H groups in total. The molecule has 0 aromatic heterocycles. The monoisotopic (exact) mass is 358 g/mol. The molecular formula is C19H18O7. The molecular weight excluding hydrogens is 340 g/mol. The van der Waals surface area contributed by atoms with Gasteiger partial charge < -0.3 is 9.47 Å². The molecule has 7 heteroatoms. The molecule has 0 saturated carbocycles. The van der Waals surface area contributed by atoms with E-state index in [2.05, 4.69) is 9.78 Å². The quantitative estimate of drug-likeness (QED) is 0.339. The SMILES string of the molecule is CC(C)C(=O)OCOc1ccccc1C(=O)OOC(=O)c1ccccc1. The average Bonchev–Trinajstić information content (AvgIpc) is 2.66. The Morgan fingerprint density at radius 2 is 1.46 bits per heavy atom. The van der Waals surface area contributed by atoms with E-state index < -0.39 is 17.9 Å². The van der Waals surface area contributed by atoms with Gasteiger partial charge in [0.05, 0.1) is 11.5 Å². The van der Waals surface area contributed by atoms with Gasteiger partial charge in [-0.25, -0.2) is 19.4 Å². The lowest BCUT2D eigenvalue weighted by molar-refractivity contribution is -0.187. The Bertz CT molecular complexity index is 768. The summed E-state index contributed by atoms with van der Waals surface area (Å²) in [5, 5.41) is 0. The summed E-state index contributed by atoms with van der Waals surface area (Å²) in [4.78, 5) is 44.4. The van der Waals surface area contributed by atoms with E-state index in [0.29, 0.717) is 0 Å². The second-order valence-corrected chi connectivity index (χ2v) is 5.48. The van der Waals surface area contributed by atoms with Crippen LogP contribution in [0.15, 0.2) is 54.6 Å². The number of carbonyl (C=O) groups excluding carboxylic acids is 3. The van der Waals surface area contributed by atoms with Crippen LogP contribution in [-0.4, -0.2) is 24.7 Å². The lowest BCUT2D eigenvalue weighted by Gasteiger charge is -2.11. The molecule has 0 bridgehead atoms. The summed E-state index contributed by atoms with van der Waals surface area (Å²) in [5.41, 5.74) is 0.263. The zero-order chi connectivity index (χ0) is 18.9. The number of carbonyl (C=O) groups is 3. The molecule has 0 aliphatic carbocycles. The fourth-order valence-electron chi connectivity index (χ4n) is 1.82.